The van der Waals surface area contributed by atoms with Crippen molar-refractivity contribution in [2.45, 2.75) is 51.0 Å². The largest absolute Gasteiger partial charge is 0.479 e. The van der Waals surface area contributed by atoms with Gasteiger partial charge in [0.1, 0.15) is 5.54 Å². The van der Waals surface area contributed by atoms with Crippen LogP contribution in [0.3, 0.4) is 0 Å². The van der Waals surface area contributed by atoms with E-state index in [4.69, 9.17) is 4.52 Å². The zero-order valence-electron chi connectivity index (χ0n) is 12.6. The Hall–Kier alpha value is -1.57. The number of nitrogens with zero attached hydrogens (tertiary/aromatic N) is 2. The number of aryl methyl sites for hydroxylation is 2. The lowest BCUT2D eigenvalue weighted by atomic mass is 9.99. The van der Waals surface area contributed by atoms with E-state index >= 15 is 0 Å². The standard InChI is InChI=1S/C14H21N3O4S/c1-2-4-10-15-12(21-17-10)6-3-5-11(18)16-14(13(19)20)7-8-22-9-14/h2-9H2,1H3,(H,16,18)(H,19,20). The fraction of sp³-hybridized carbons (Fsp3) is 0.714. The van der Waals surface area contributed by atoms with Crippen LogP contribution in [0.4, 0.5) is 0 Å². The van der Waals surface area contributed by atoms with Gasteiger partial charge in [0, 0.05) is 25.0 Å². The minimum Gasteiger partial charge on any atom is -0.479 e. The maximum atomic E-state index is 12.0. The summed E-state index contributed by atoms with van der Waals surface area (Å²) in [6.07, 6.45) is 3.55. The first kappa shape index (κ1) is 16.8. The van der Waals surface area contributed by atoms with Gasteiger partial charge in [-0.05, 0) is 25.0 Å². The smallest absolute Gasteiger partial charge is 0.330 e. The Labute approximate surface area is 133 Å². The third-order valence-corrected chi connectivity index (χ3v) is 4.78. The van der Waals surface area contributed by atoms with Crippen molar-refractivity contribution in [3.05, 3.63) is 11.7 Å². The van der Waals surface area contributed by atoms with Crippen LogP contribution in [-0.2, 0) is 22.4 Å². The van der Waals surface area contributed by atoms with Gasteiger partial charge in [0.05, 0.1) is 0 Å². The van der Waals surface area contributed by atoms with E-state index < -0.39 is 11.5 Å². The lowest BCUT2D eigenvalue weighted by Gasteiger charge is -2.24. The SMILES string of the molecule is CCCc1noc(CCCC(=O)NC2(C(=O)O)CCSC2)n1. The Kier molecular flexibility index (Phi) is 5.82. The summed E-state index contributed by atoms with van der Waals surface area (Å²) in [5.74, 6) is 1.22. The Balaban J connectivity index is 1.76. The van der Waals surface area contributed by atoms with E-state index in [0.717, 1.165) is 18.6 Å². The van der Waals surface area contributed by atoms with Crippen LogP contribution in [0.15, 0.2) is 4.52 Å². The summed E-state index contributed by atoms with van der Waals surface area (Å²) < 4.78 is 5.10. The van der Waals surface area contributed by atoms with Gasteiger partial charge in [-0.2, -0.15) is 16.7 Å². The summed E-state index contributed by atoms with van der Waals surface area (Å²) in [4.78, 5) is 27.5. The molecule has 1 fully saturated rings. The minimum atomic E-state index is -1.10. The highest BCUT2D eigenvalue weighted by atomic mass is 32.2. The van der Waals surface area contributed by atoms with Crippen molar-refractivity contribution >= 4 is 23.6 Å². The summed E-state index contributed by atoms with van der Waals surface area (Å²) in [7, 11) is 0. The van der Waals surface area contributed by atoms with E-state index in [1.165, 1.54) is 0 Å². The number of thioether (sulfide) groups is 1. The van der Waals surface area contributed by atoms with Crippen LogP contribution in [0.1, 0.15) is 44.3 Å². The molecule has 0 saturated carbocycles. The quantitative estimate of drug-likeness (QED) is 0.744. The zero-order chi connectivity index (χ0) is 16.0. The maximum Gasteiger partial charge on any atom is 0.330 e. The van der Waals surface area contributed by atoms with Gasteiger partial charge in [-0.25, -0.2) is 4.79 Å². The molecule has 22 heavy (non-hydrogen) atoms. The van der Waals surface area contributed by atoms with Crippen molar-refractivity contribution in [3.63, 3.8) is 0 Å². The van der Waals surface area contributed by atoms with E-state index in [1.54, 1.807) is 11.8 Å². The molecule has 1 amide bonds. The van der Waals surface area contributed by atoms with Crippen molar-refractivity contribution in [1.29, 1.82) is 0 Å². The summed E-state index contributed by atoms with van der Waals surface area (Å²) in [6, 6.07) is 0. The van der Waals surface area contributed by atoms with Crippen LogP contribution in [0.5, 0.6) is 0 Å². The molecule has 1 unspecified atom stereocenters. The molecule has 1 aromatic heterocycles. The molecule has 0 spiro atoms. The van der Waals surface area contributed by atoms with Gasteiger partial charge in [0.2, 0.25) is 11.8 Å². The predicted octanol–water partition coefficient (Wildman–Crippen LogP) is 1.42. The third kappa shape index (κ3) is 4.22. The summed E-state index contributed by atoms with van der Waals surface area (Å²) >= 11 is 1.55. The number of aromatic nitrogens is 2. The van der Waals surface area contributed by atoms with Crippen LogP contribution in [0.2, 0.25) is 0 Å². The molecule has 1 saturated heterocycles. The fourth-order valence-corrected chi connectivity index (χ4v) is 3.66. The van der Waals surface area contributed by atoms with Crippen LogP contribution in [0.25, 0.3) is 0 Å². The highest BCUT2D eigenvalue weighted by Gasteiger charge is 2.43. The normalized spacial score (nSPS) is 21.0. The second kappa shape index (κ2) is 7.62. The van der Waals surface area contributed by atoms with Crippen molar-refractivity contribution < 1.29 is 19.2 Å². The number of rotatable bonds is 8. The molecule has 1 aliphatic heterocycles. The number of carboxylic acid groups (broad SMARTS) is 1. The molecule has 1 atom stereocenters. The lowest BCUT2D eigenvalue weighted by Crippen LogP contribution is -2.54. The summed E-state index contributed by atoms with van der Waals surface area (Å²) in [5.41, 5.74) is -1.10. The van der Waals surface area contributed by atoms with Gasteiger partial charge in [0.25, 0.3) is 0 Å². The molecule has 2 rings (SSSR count). The van der Waals surface area contributed by atoms with Gasteiger partial charge in [-0.3, -0.25) is 4.79 Å². The van der Waals surface area contributed by atoms with Crippen LogP contribution in [0, 0.1) is 0 Å². The summed E-state index contributed by atoms with van der Waals surface area (Å²) in [6.45, 7) is 2.04. The highest BCUT2D eigenvalue weighted by Crippen LogP contribution is 2.28. The number of carboxylic acids is 1. The second-order valence-corrected chi connectivity index (χ2v) is 6.55. The van der Waals surface area contributed by atoms with Crippen molar-refractivity contribution in [2.24, 2.45) is 0 Å². The Morgan fingerprint density at radius 2 is 2.27 bits per heavy atom. The molecule has 8 heteroatoms. The Bertz CT molecular complexity index is 526. The zero-order valence-corrected chi connectivity index (χ0v) is 13.4. The van der Waals surface area contributed by atoms with Gasteiger partial charge in [-0.1, -0.05) is 12.1 Å². The van der Waals surface area contributed by atoms with Crippen LogP contribution < -0.4 is 5.32 Å². The van der Waals surface area contributed by atoms with Gasteiger partial charge < -0.3 is 14.9 Å². The number of aliphatic carboxylic acids is 1. The topological polar surface area (TPSA) is 105 Å². The number of carbonyl (C=O) groups is 2. The minimum absolute atomic E-state index is 0.238. The number of hydrogen-bond donors (Lipinski definition) is 2. The number of nitrogens with one attached hydrogen (secondary N) is 1. The van der Waals surface area contributed by atoms with E-state index in [9.17, 15) is 14.7 Å². The lowest BCUT2D eigenvalue weighted by molar-refractivity contribution is -0.146. The Morgan fingerprint density at radius 1 is 1.45 bits per heavy atom. The van der Waals surface area contributed by atoms with Gasteiger partial charge in [0.15, 0.2) is 5.82 Å². The van der Waals surface area contributed by atoms with Gasteiger partial charge in [-0.15, -0.1) is 0 Å². The van der Waals surface area contributed by atoms with Crippen molar-refractivity contribution in [2.75, 3.05) is 11.5 Å². The van der Waals surface area contributed by atoms with E-state index in [0.29, 0.717) is 36.7 Å². The van der Waals surface area contributed by atoms with E-state index in [1.807, 2.05) is 6.92 Å². The average Bonchev–Trinajstić information content (AvgIpc) is 3.10. The molecular weight excluding hydrogens is 306 g/mol. The monoisotopic (exact) mass is 327 g/mol. The molecule has 2 N–H and O–H groups in total. The maximum absolute atomic E-state index is 12.0. The first-order valence-electron chi connectivity index (χ1n) is 7.49. The molecule has 1 aliphatic rings. The average molecular weight is 327 g/mol. The molecule has 0 aromatic carbocycles. The predicted molar refractivity (Wildman–Crippen MR) is 81.7 cm³/mol. The molecule has 0 aliphatic carbocycles. The molecular formula is C14H21N3O4S. The van der Waals surface area contributed by atoms with Crippen LogP contribution >= 0.6 is 11.8 Å². The molecule has 0 bridgehead atoms. The molecule has 122 valence electrons. The second-order valence-electron chi connectivity index (χ2n) is 5.45. The molecule has 7 nitrogen and oxygen atoms in total. The van der Waals surface area contributed by atoms with Crippen molar-refractivity contribution in [3.8, 4) is 0 Å². The van der Waals surface area contributed by atoms with Gasteiger partial charge >= 0.3 is 5.97 Å². The fourth-order valence-electron chi connectivity index (χ4n) is 2.33. The molecule has 1 aromatic rings. The Morgan fingerprint density at radius 3 is 2.91 bits per heavy atom. The summed E-state index contributed by atoms with van der Waals surface area (Å²) in [5, 5.41) is 15.8. The highest BCUT2D eigenvalue weighted by molar-refractivity contribution is 7.99. The third-order valence-electron chi connectivity index (χ3n) is 3.59. The first-order valence-corrected chi connectivity index (χ1v) is 8.65. The number of carbonyl (C=O) groups excluding carboxylic acids is 1. The van der Waals surface area contributed by atoms with Crippen LogP contribution in [-0.4, -0.2) is 44.2 Å². The molecule has 0 radical (unpaired) electrons. The van der Waals surface area contributed by atoms with Crippen molar-refractivity contribution in [1.82, 2.24) is 15.5 Å². The van der Waals surface area contributed by atoms with E-state index in [-0.39, 0.29) is 12.3 Å². The number of amides is 1. The van der Waals surface area contributed by atoms with E-state index in [2.05, 4.69) is 15.5 Å². The number of hydrogen-bond acceptors (Lipinski definition) is 6. The first-order chi connectivity index (χ1) is 10.6. The molecule has 2 heterocycles.